The Balaban J connectivity index is 1.38. The number of nitrogens with zero attached hydrogens (tertiary/aromatic N) is 1. The van der Waals surface area contributed by atoms with Crippen LogP contribution in [0.4, 0.5) is 0 Å². The van der Waals surface area contributed by atoms with Crippen LogP contribution in [0.1, 0.15) is 36.0 Å². The minimum atomic E-state index is -0.317. The first-order valence-electron chi connectivity index (χ1n) is 9.16. The van der Waals surface area contributed by atoms with E-state index >= 15 is 0 Å². The van der Waals surface area contributed by atoms with Gasteiger partial charge in [0.25, 0.3) is 5.91 Å². The van der Waals surface area contributed by atoms with E-state index in [1.54, 1.807) is 29.2 Å². The van der Waals surface area contributed by atoms with Gasteiger partial charge in [-0.15, -0.1) is 0 Å². The smallest absolute Gasteiger partial charge is 0.251 e. The Morgan fingerprint density at radius 3 is 2.46 bits per heavy atom. The predicted octanol–water partition coefficient (Wildman–Crippen LogP) is 0.703. The molecule has 0 radical (unpaired) electrons. The van der Waals surface area contributed by atoms with Crippen molar-refractivity contribution in [2.75, 3.05) is 26.2 Å². The summed E-state index contributed by atoms with van der Waals surface area (Å²) >= 11 is 0. The number of benzene rings is 1. The number of likely N-dealkylation sites (tertiary alicyclic amines) is 1. The van der Waals surface area contributed by atoms with Gasteiger partial charge in [0.15, 0.2) is 0 Å². The number of ether oxygens (including phenoxy) is 1. The van der Waals surface area contributed by atoms with Gasteiger partial charge in [-0.25, -0.2) is 0 Å². The van der Waals surface area contributed by atoms with E-state index in [1.165, 1.54) is 0 Å². The van der Waals surface area contributed by atoms with Crippen molar-refractivity contribution in [1.82, 2.24) is 15.5 Å². The van der Waals surface area contributed by atoms with Crippen LogP contribution in [0.25, 0.3) is 0 Å². The molecule has 1 atom stereocenters. The second kappa shape index (κ2) is 8.80. The summed E-state index contributed by atoms with van der Waals surface area (Å²) in [5, 5.41) is 5.68. The third-order valence-corrected chi connectivity index (χ3v) is 4.85. The highest BCUT2D eigenvalue weighted by atomic mass is 16.5. The van der Waals surface area contributed by atoms with E-state index in [4.69, 9.17) is 4.74 Å². The largest absolute Gasteiger partial charge is 0.368 e. The summed E-state index contributed by atoms with van der Waals surface area (Å²) in [6, 6.07) is 8.90. The fourth-order valence-corrected chi connectivity index (χ4v) is 3.31. The molecule has 7 heteroatoms. The molecule has 0 aromatic heterocycles. The quantitative estimate of drug-likeness (QED) is 0.810. The normalized spacial score (nSPS) is 20.6. The van der Waals surface area contributed by atoms with Gasteiger partial charge < -0.3 is 20.3 Å². The zero-order valence-corrected chi connectivity index (χ0v) is 14.8. The fourth-order valence-electron chi connectivity index (χ4n) is 3.31. The molecule has 2 saturated heterocycles. The van der Waals surface area contributed by atoms with Crippen LogP contribution < -0.4 is 10.6 Å². The molecule has 0 spiro atoms. The summed E-state index contributed by atoms with van der Waals surface area (Å²) in [6.45, 7) is 1.80. The van der Waals surface area contributed by atoms with Gasteiger partial charge in [-0.2, -0.15) is 0 Å². The van der Waals surface area contributed by atoms with Crippen molar-refractivity contribution in [2.45, 2.75) is 37.8 Å². The van der Waals surface area contributed by atoms with Crippen molar-refractivity contribution in [3.8, 4) is 0 Å². The van der Waals surface area contributed by atoms with Crippen LogP contribution in [0.3, 0.4) is 0 Å². The maximum atomic E-state index is 12.3. The highest BCUT2D eigenvalue weighted by molar-refractivity contribution is 5.96. The average Bonchev–Trinajstić information content (AvgIpc) is 3.22. The lowest BCUT2D eigenvalue weighted by Gasteiger charge is -2.32. The van der Waals surface area contributed by atoms with E-state index in [0.29, 0.717) is 25.3 Å². The Morgan fingerprint density at radius 1 is 1.08 bits per heavy atom. The second-order valence-electron chi connectivity index (χ2n) is 6.71. The Hall–Kier alpha value is -2.41. The van der Waals surface area contributed by atoms with Gasteiger partial charge >= 0.3 is 0 Å². The standard InChI is InChI=1S/C19H25N3O4/c23-17(13-20-18(24)14-5-2-1-3-6-14)22-10-8-15(9-11-22)21-19(25)16-7-4-12-26-16/h1-3,5-6,15-16H,4,7-13H2,(H,20,24)(H,21,25). The van der Waals surface area contributed by atoms with Crippen molar-refractivity contribution in [1.29, 1.82) is 0 Å². The molecule has 0 aliphatic carbocycles. The van der Waals surface area contributed by atoms with Crippen LogP contribution in [0.5, 0.6) is 0 Å². The number of piperidine rings is 1. The van der Waals surface area contributed by atoms with Crippen LogP contribution in [-0.4, -0.2) is 61.0 Å². The number of hydrogen-bond acceptors (Lipinski definition) is 4. The van der Waals surface area contributed by atoms with Gasteiger partial charge in [-0.05, 0) is 37.8 Å². The van der Waals surface area contributed by atoms with E-state index in [9.17, 15) is 14.4 Å². The van der Waals surface area contributed by atoms with E-state index in [2.05, 4.69) is 10.6 Å². The summed E-state index contributed by atoms with van der Waals surface area (Å²) in [5.74, 6) is -0.391. The molecule has 0 bridgehead atoms. The molecule has 1 aromatic rings. The molecule has 3 rings (SSSR count). The SMILES string of the molecule is O=C(NCC(=O)N1CCC(NC(=O)C2CCCO2)CC1)c1ccccc1. The molecule has 7 nitrogen and oxygen atoms in total. The van der Waals surface area contributed by atoms with Crippen LogP contribution in [0.15, 0.2) is 30.3 Å². The van der Waals surface area contributed by atoms with Gasteiger partial charge in [0.05, 0.1) is 6.54 Å². The van der Waals surface area contributed by atoms with Crippen molar-refractivity contribution in [3.63, 3.8) is 0 Å². The fraction of sp³-hybridized carbons (Fsp3) is 0.526. The minimum absolute atomic E-state index is 0.0132. The lowest BCUT2D eigenvalue weighted by molar-refractivity contribution is -0.132. The molecule has 2 aliphatic heterocycles. The van der Waals surface area contributed by atoms with E-state index in [-0.39, 0.29) is 36.4 Å². The summed E-state index contributed by atoms with van der Waals surface area (Å²) in [4.78, 5) is 38.1. The van der Waals surface area contributed by atoms with Gasteiger partial charge in [-0.3, -0.25) is 14.4 Å². The Bertz CT molecular complexity index is 635. The first-order chi connectivity index (χ1) is 12.6. The monoisotopic (exact) mass is 359 g/mol. The minimum Gasteiger partial charge on any atom is -0.368 e. The molecule has 26 heavy (non-hydrogen) atoms. The summed E-state index contributed by atoms with van der Waals surface area (Å²) < 4.78 is 5.39. The van der Waals surface area contributed by atoms with Gasteiger partial charge in [-0.1, -0.05) is 18.2 Å². The molecule has 2 N–H and O–H groups in total. The highest BCUT2D eigenvalue weighted by Gasteiger charge is 2.28. The van der Waals surface area contributed by atoms with Gasteiger partial charge in [0, 0.05) is 31.3 Å². The third kappa shape index (κ3) is 4.82. The summed E-state index contributed by atoms with van der Waals surface area (Å²) in [6.07, 6.45) is 2.83. The average molecular weight is 359 g/mol. The molecule has 0 saturated carbocycles. The van der Waals surface area contributed by atoms with Gasteiger partial charge in [0.1, 0.15) is 6.10 Å². The second-order valence-corrected chi connectivity index (χ2v) is 6.71. The third-order valence-electron chi connectivity index (χ3n) is 4.85. The van der Waals surface area contributed by atoms with Crippen LogP contribution >= 0.6 is 0 Å². The number of hydrogen-bond donors (Lipinski definition) is 2. The Morgan fingerprint density at radius 2 is 1.81 bits per heavy atom. The molecule has 2 heterocycles. The molecule has 3 amide bonds. The topological polar surface area (TPSA) is 87.7 Å². The zero-order valence-electron chi connectivity index (χ0n) is 14.8. The van der Waals surface area contributed by atoms with E-state index < -0.39 is 0 Å². The lowest BCUT2D eigenvalue weighted by atomic mass is 10.0. The van der Waals surface area contributed by atoms with E-state index in [0.717, 1.165) is 25.7 Å². The number of nitrogens with one attached hydrogen (secondary N) is 2. The molecule has 1 aromatic carbocycles. The van der Waals surface area contributed by atoms with Crippen LogP contribution in [0, 0.1) is 0 Å². The number of rotatable bonds is 5. The van der Waals surface area contributed by atoms with Crippen molar-refractivity contribution < 1.29 is 19.1 Å². The molecule has 1 unspecified atom stereocenters. The molecule has 2 aliphatic rings. The molecular formula is C19H25N3O4. The Labute approximate surface area is 153 Å². The highest BCUT2D eigenvalue weighted by Crippen LogP contribution is 2.15. The number of amides is 3. The first-order valence-corrected chi connectivity index (χ1v) is 9.16. The van der Waals surface area contributed by atoms with Crippen molar-refractivity contribution in [3.05, 3.63) is 35.9 Å². The summed E-state index contributed by atoms with van der Waals surface area (Å²) in [5.41, 5.74) is 0.538. The molecular weight excluding hydrogens is 334 g/mol. The van der Waals surface area contributed by atoms with Crippen molar-refractivity contribution >= 4 is 17.7 Å². The van der Waals surface area contributed by atoms with Gasteiger partial charge in [0.2, 0.25) is 11.8 Å². The molecule has 140 valence electrons. The molecule has 2 fully saturated rings. The Kier molecular flexibility index (Phi) is 6.22. The van der Waals surface area contributed by atoms with E-state index in [1.807, 2.05) is 6.07 Å². The van der Waals surface area contributed by atoms with Crippen molar-refractivity contribution in [2.24, 2.45) is 0 Å². The lowest BCUT2D eigenvalue weighted by Crippen LogP contribution is -2.50. The zero-order chi connectivity index (χ0) is 18.4. The van der Waals surface area contributed by atoms with Crippen LogP contribution in [0.2, 0.25) is 0 Å². The predicted molar refractivity (Wildman–Crippen MR) is 95.5 cm³/mol. The maximum Gasteiger partial charge on any atom is 0.251 e. The van der Waals surface area contributed by atoms with Crippen LogP contribution in [-0.2, 0) is 14.3 Å². The summed E-state index contributed by atoms with van der Waals surface area (Å²) in [7, 11) is 0. The number of carbonyl (C=O) groups excluding carboxylic acids is 3. The number of carbonyl (C=O) groups is 3. The first kappa shape index (κ1) is 18.4. The maximum absolute atomic E-state index is 12.3.